The van der Waals surface area contributed by atoms with Gasteiger partial charge in [-0.1, -0.05) is 12.1 Å². The van der Waals surface area contributed by atoms with Crippen LogP contribution in [0.5, 0.6) is 0 Å². The summed E-state index contributed by atoms with van der Waals surface area (Å²) in [5, 5.41) is 13.4. The van der Waals surface area contributed by atoms with Crippen LogP contribution in [0.4, 0.5) is 25.1 Å². The topological polar surface area (TPSA) is 97.0 Å². The zero-order chi connectivity index (χ0) is 21.6. The van der Waals surface area contributed by atoms with E-state index in [4.69, 9.17) is 4.42 Å². The fraction of sp³-hybridized carbons (Fsp3) is 0.238. The minimum absolute atomic E-state index is 0.0215. The molecule has 0 spiro atoms. The number of alkyl halides is 3. The van der Waals surface area contributed by atoms with Crippen molar-refractivity contribution in [1.29, 1.82) is 0 Å². The minimum atomic E-state index is -4.63. The van der Waals surface area contributed by atoms with E-state index in [1.807, 2.05) is 6.07 Å². The van der Waals surface area contributed by atoms with Crippen molar-refractivity contribution in [2.24, 2.45) is 0 Å². The molecule has 10 heteroatoms. The number of benzene rings is 1. The van der Waals surface area contributed by atoms with E-state index < -0.39 is 17.8 Å². The van der Waals surface area contributed by atoms with E-state index in [1.54, 1.807) is 18.2 Å². The molecule has 0 fully saturated rings. The molecule has 5 rings (SSSR count). The third-order valence-corrected chi connectivity index (χ3v) is 5.10. The van der Waals surface area contributed by atoms with Gasteiger partial charge < -0.3 is 9.52 Å². The van der Waals surface area contributed by atoms with Crippen LogP contribution in [0, 0.1) is 0 Å². The Morgan fingerprint density at radius 3 is 2.68 bits per heavy atom. The molecule has 2 N–H and O–H groups in total. The second kappa shape index (κ2) is 7.31. The number of nitrogens with zero attached hydrogens (tertiary/aromatic N) is 4. The van der Waals surface area contributed by atoms with Gasteiger partial charge in [0.25, 0.3) is 0 Å². The maximum atomic E-state index is 13.6. The number of oxazole rings is 1. The molecule has 31 heavy (non-hydrogen) atoms. The molecule has 0 bridgehead atoms. The molecule has 0 saturated heterocycles. The van der Waals surface area contributed by atoms with Crippen LogP contribution >= 0.6 is 0 Å². The molecule has 4 aromatic rings. The second-order valence-electron chi connectivity index (χ2n) is 7.17. The number of fused-ring (bicyclic) bond motifs is 2. The Morgan fingerprint density at radius 1 is 1.03 bits per heavy atom. The van der Waals surface area contributed by atoms with E-state index in [9.17, 15) is 18.3 Å². The maximum Gasteiger partial charge on any atom is 0.418 e. The highest BCUT2D eigenvalue weighted by atomic mass is 19.4. The summed E-state index contributed by atoms with van der Waals surface area (Å²) < 4.78 is 46.5. The van der Waals surface area contributed by atoms with Gasteiger partial charge in [-0.2, -0.15) is 18.2 Å². The highest BCUT2D eigenvalue weighted by Crippen LogP contribution is 2.41. The van der Waals surface area contributed by atoms with Crippen molar-refractivity contribution < 1.29 is 22.7 Å². The Labute approximate surface area is 174 Å². The number of halogens is 3. The molecule has 158 valence electrons. The van der Waals surface area contributed by atoms with Crippen molar-refractivity contribution >= 4 is 23.1 Å². The molecule has 0 amide bonds. The monoisotopic (exact) mass is 427 g/mol. The number of nitrogens with one attached hydrogen (secondary N) is 1. The molecule has 7 nitrogen and oxygen atoms in total. The Hall–Kier alpha value is -3.53. The van der Waals surface area contributed by atoms with Gasteiger partial charge in [0.15, 0.2) is 5.58 Å². The second-order valence-corrected chi connectivity index (χ2v) is 7.17. The molecule has 1 aromatic carbocycles. The van der Waals surface area contributed by atoms with Crippen LogP contribution in [0.2, 0.25) is 0 Å². The fourth-order valence-corrected chi connectivity index (χ4v) is 3.74. The number of para-hydroxylation sites is 2. The van der Waals surface area contributed by atoms with Crippen molar-refractivity contribution in [3.8, 4) is 11.4 Å². The van der Waals surface area contributed by atoms with E-state index in [2.05, 4.69) is 25.3 Å². The standard InChI is InChI=1S/C21H16F3N5O2/c22-21(23,24)11-5-4-10-25-17(11)18-16-13(7-3-8-14(16)30)26-19(28-18)29-20-27-12-6-1-2-9-15(12)31-20/h1-2,4-6,9-10,14,30H,3,7-8H2,(H,26,27,28,29). The summed E-state index contributed by atoms with van der Waals surface area (Å²) in [5.74, 6) is 0.0215. The average Bonchev–Trinajstić information content (AvgIpc) is 3.15. The lowest BCUT2D eigenvalue weighted by Crippen LogP contribution is -2.17. The fourth-order valence-electron chi connectivity index (χ4n) is 3.74. The first-order valence-corrected chi connectivity index (χ1v) is 9.64. The zero-order valence-corrected chi connectivity index (χ0v) is 16.0. The number of aromatic nitrogens is 4. The van der Waals surface area contributed by atoms with Gasteiger partial charge >= 0.3 is 12.2 Å². The van der Waals surface area contributed by atoms with Crippen LogP contribution in [-0.2, 0) is 12.6 Å². The molecule has 0 saturated carbocycles. The van der Waals surface area contributed by atoms with Crippen molar-refractivity contribution in [3.63, 3.8) is 0 Å². The summed E-state index contributed by atoms with van der Waals surface area (Å²) in [7, 11) is 0. The van der Waals surface area contributed by atoms with Gasteiger partial charge in [0.05, 0.1) is 17.4 Å². The van der Waals surface area contributed by atoms with E-state index in [0.717, 1.165) is 6.07 Å². The SMILES string of the molecule is OC1CCCc2nc(Nc3nc4ccccc4o3)nc(-c3ncccc3C(F)(F)F)c21. The lowest BCUT2D eigenvalue weighted by atomic mass is 9.90. The molecule has 0 radical (unpaired) electrons. The summed E-state index contributed by atoms with van der Waals surface area (Å²) in [4.78, 5) is 17.0. The first-order valence-electron chi connectivity index (χ1n) is 9.64. The summed E-state index contributed by atoms with van der Waals surface area (Å²) >= 11 is 0. The van der Waals surface area contributed by atoms with Crippen molar-refractivity contribution in [2.75, 3.05) is 5.32 Å². The molecule has 1 aliphatic carbocycles. The lowest BCUT2D eigenvalue weighted by Gasteiger charge is -2.24. The number of pyridine rings is 1. The van der Waals surface area contributed by atoms with Crippen molar-refractivity contribution in [3.05, 3.63) is 59.4 Å². The summed E-state index contributed by atoms with van der Waals surface area (Å²) in [6, 6.07) is 9.39. The van der Waals surface area contributed by atoms with Crippen LogP contribution < -0.4 is 5.32 Å². The van der Waals surface area contributed by atoms with Gasteiger partial charge in [-0.3, -0.25) is 10.3 Å². The van der Waals surface area contributed by atoms with Crippen LogP contribution in [0.25, 0.3) is 22.5 Å². The van der Waals surface area contributed by atoms with Gasteiger partial charge in [0.2, 0.25) is 5.95 Å². The van der Waals surface area contributed by atoms with E-state index in [0.29, 0.717) is 36.1 Å². The van der Waals surface area contributed by atoms with Crippen LogP contribution in [0.15, 0.2) is 47.0 Å². The van der Waals surface area contributed by atoms with Crippen LogP contribution in [0.3, 0.4) is 0 Å². The number of aliphatic hydroxyl groups is 1. The van der Waals surface area contributed by atoms with Gasteiger partial charge in [-0.05, 0) is 43.5 Å². The number of hydrogen-bond acceptors (Lipinski definition) is 7. The van der Waals surface area contributed by atoms with E-state index in [-0.39, 0.29) is 28.9 Å². The Bertz CT molecular complexity index is 1240. The third kappa shape index (κ3) is 3.59. The Kier molecular flexibility index (Phi) is 4.58. The predicted molar refractivity (Wildman–Crippen MR) is 105 cm³/mol. The van der Waals surface area contributed by atoms with Crippen molar-refractivity contribution in [1.82, 2.24) is 19.9 Å². The minimum Gasteiger partial charge on any atom is -0.423 e. The summed E-state index contributed by atoms with van der Waals surface area (Å²) in [5.41, 5.74) is 0.575. The van der Waals surface area contributed by atoms with Crippen LogP contribution in [0.1, 0.15) is 35.8 Å². The predicted octanol–water partition coefficient (Wildman–Crippen LogP) is 4.81. The number of aliphatic hydroxyl groups excluding tert-OH is 1. The Balaban J connectivity index is 1.66. The molecule has 0 aliphatic heterocycles. The molecule has 1 unspecified atom stereocenters. The molecule has 1 atom stereocenters. The molecule has 3 aromatic heterocycles. The molecule has 1 aliphatic rings. The molecular weight excluding hydrogens is 411 g/mol. The van der Waals surface area contributed by atoms with Crippen LogP contribution in [-0.4, -0.2) is 25.0 Å². The largest absolute Gasteiger partial charge is 0.423 e. The number of hydrogen-bond donors (Lipinski definition) is 2. The highest BCUT2D eigenvalue weighted by molar-refractivity contribution is 5.75. The number of aryl methyl sites for hydroxylation is 1. The molecular formula is C21H16F3N5O2. The number of rotatable bonds is 3. The van der Waals surface area contributed by atoms with Gasteiger partial charge in [0, 0.05) is 11.8 Å². The quantitative estimate of drug-likeness (QED) is 0.484. The summed E-state index contributed by atoms with van der Waals surface area (Å²) in [6.07, 6.45) is -2.77. The van der Waals surface area contributed by atoms with Gasteiger partial charge in [-0.25, -0.2) is 9.97 Å². The smallest absolute Gasteiger partial charge is 0.418 e. The first-order chi connectivity index (χ1) is 14.9. The highest BCUT2D eigenvalue weighted by Gasteiger charge is 2.37. The summed E-state index contributed by atoms with van der Waals surface area (Å²) in [6.45, 7) is 0. The Morgan fingerprint density at radius 2 is 1.87 bits per heavy atom. The van der Waals surface area contributed by atoms with E-state index in [1.165, 1.54) is 12.3 Å². The zero-order valence-electron chi connectivity index (χ0n) is 16.0. The molecule has 3 heterocycles. The number of anilines is 2. The van der Waals surface area contributed by atoms with Crippen molar-refractivity contribution in [2.45, 2.75) is 31.5 Å². The first kappa shape index (κ1) is 19.4. The average molecular weight is 427 g/mol. The lowest BCUT2D eigenvalue weighted by molar-refractivity contribution is -0.137. The van der Waals surface area contributed by atoms with Gasteiger partial charge in [0.1, 0.15) is 16.9 Å². The van der Waals surface area contributed by atoms with Gasteiger partial charge in [-0.15, -0.1) is 0 Å². The maximum absolute atomic E-state index is 13.6. The third-order valence-electron chi connectivity index (χ3n) is 5.10. The van der Waals surface area contributed by atoms with E-state index >= 15 is 0 Å². The normalized spacial score (nSPS) is 16.3.